The Morgan fingerprint density at radius 3 is 2.83 bits per heavy atom. The number of rotatable bonds is 3. The van der Waals surface area contributed by atoms with E-state index in [0.717, 1.165) is 31.7 Å². The van der Waals surface area contributed by atoms with E-state index < -0.39 is 5.54 Å². The van der Waals surface area contributed by atoms with Crippen LogP contribution in [0.5, 0.6) is 0 Å². The van der Waals surface area contributed by atoms with Gasteiger partial charge in [-0.1, -0.05) is 13.3 Å². The number of nitrogens with zero attached hydrogens (tertiary/aromatic N) is 1. The zero-order chi connectivity index (χ0) is 13.2. The highest BCUT2D eigenvalue weighted by molar-refractivity contribution is 5.84. The quantitative estimate of drug-likeness (QED) is 0.794. The molecule has 2 aliphatic rings. The van der Waals surface area contributed by atoms with Crippen LogP contribution in [0.3, 0.4) is 0 Å². The molecule has 4 N–H and O–H groups in total. The molecule has 0 spiro atoms. The summed E-state index contributed by atoms with van der Waals surface area (Å²) in [4.78, 5) is 14.1. The fourth-order valence-electron chi connectivity index (χ4n) is 3.58. The summed E-state index contributed by atoms with van der Waals surface area (Å²) in [6.45, 7) is 4.61. The van der Waals surface area contributed by atoms with Crippen molar-refractivity contribution >= 4 is 5.91 Å². The van der Waals surface area contributed by atoms with Gasteiger partial charge < -0.3 is 16.4 Å². The van der Waals surface area contributed by atoms with Gasteiger partial charge in [-0.25, -0.2) is 0 Å². The molecule has 1 aliphatic carbocycles. The molecular weight excluding hydrogens is 226 g/mol. The number of nitrogens with two attached hydrogens (primary N) is 2. The third-order valence-electron chi connectivity index (χ3n) is 4.89. The van der Waals surface area contributed by atoms with Crippen molar-refractivity contribution in [2.24, 2.45) is 17.4 Å². The monoisotopic (exact) mass is 253 g/mol. The molecule has 0 radical (unpaired) electrons. The lowest BCUT2D eigenvalue weighted by Gasteiger charge is -2.44. The Bertz CT molecular complexity index is 307. The minimum atomic E-state index is -0.762. The van der Waals surface area contributed by atoms with Gasteiger partial charge >= 0.3 is 0 Å². The molecule has 4 nitrogen and oxygen atoms in total. The molecule has 104 valence electrons. The molecule has 4 heteroatoms. The van der Waals surface area contributed by atoms with Gasteiger partial charge in [-0.3, -0.25) is 4.79 Å². The SMILES string of the molecule is CCC1CCCN(C2CCCC(N)(C(N)=O)C2)C1. The second-order valence-electron chi connectivity index (χ2n) is 6.18. The molecule has 1 saturated heterocycles. The number of piperidine rings is 1. The highest BCUT2D eigenvalue weighted by Gasteiger charge is 2.40. The molecule has 1 saturated carbocycles. The van der Waals surface area contributed by atoms with Crippen molar-refractivity contribution in [3.63, 3.8) is 0 Å². The molecule has 3 atom stereocenters. The maximum atomic E-state index is 11.5. The Hall–Kier alpha value is -0.610. The first kappa shape index (κ1) is 13.8. The largest absolute Gasteiger partial charge is 0.368 e. The van der Waals surface area contributed by atoms with E-state index in [1.54, 1.807) is 0 Å². The molecule has 0 aromatic heterocycles. The molecular formula is C14H27N3O. The lowest BCUT2D eigenvalue weighted by molar-refractivity contribution is -0.125. The average Bonchev–Trinajstić information content (AvgIpc) is 2.39. The van der Waals surface area contributed by atoms with Crippen LogP contribution in [0.4, 0.5) is 0 Å². The van der Waals surface area contributed by atoms with Gasteiger partial charge in [0, 0.05) is 12.6 Å². The van der Waals surface area contributed by atoms with Crippen molar-refractivity contribution in [2.75, 3.05) is 13.1 Å². The molecule has 1 aliphatic heterocycles. The van der Waals surface area contributed by atoms with E-state index >= 15 is 0 Å². The maximum absolute atomic E-state index is 11.5. The van der Waals surface area contributed by atoms with Gasteiger partial charge in [0.1, 0.15) is 0 Å². The normalized spacial score (nSPS) is 38.6. The summed E-state index contributed by atoms with van der Waals surface area (Å²) < 4.78 is 0. The topological polar surface area (TPSA) is 72.3 Å². The molecule has 0 aromatic rings. The molecule has 3 unspecified atom stereocenters. The zero-order valence-electron chi connectivity index (χ0n) is 11.5. The van der Waals surface area contributed by atoms with Crippen LogP contribution in [0.2, 0.25) is 0 Å². The Balaban J connectivity index is 1.98. The highest BCUT2D eigenvalue weighted by Crippen LogP contribution is 2.32. The van der Waals surface area contributed by atoms with Crippen LogP contribution in [0.1, 0.15) is 51.9 Å². The third-order valence-corrected chi connectivity index (χ3v) is 4.89. The number of primary amides is 1. The van der Waals surface area contributed by atoms with Crippen molar-refractivity contribution in [1.29, 1.82) is 0 Å². The molecule has 1 heterocycles. The first-order chi connectivity index (χ1) is 8.55. The molecule has 1 amide bonds. The van der Waals surface area contributed by atoms with E-state index in [1.807, 2.05) is 0 Å². The van der Waals surface area contributed by atoms with Gasteiger partial charge in [0.05, 0.1) is 5.54 Å². The smallest absolute Gasteiger partial charge is 0.237 e. The summed E-state index contributed by atoms with van der Waals surface area (Å²) in [5.41, 5.74) is 10.9. The second kappa shape index (κ2) is 5.57. The van der Waals surface area contributed by atoms with E-state index in [2.05, 4.69) is 11.8 Å². The first-order valence-electron chi connectivity index (χ1n) is 7.38. The zero-order valence-corrected chi connectivity index (χ0v) is 11.5. The van der Waals surface area contributed by atoms with E-state index in [9.17, 15) is 4.79 Å². The first-order valence-corrected chi connectivity index (χ1v) is 7.38. The summed E-state index contributed by atoms with van der Waals surface area (Å²) in [5, 5.41) is 0. The number of amides is 1. The summed E-state index contributed by atoms with van der Waals surface area (Å²) in [7, 11) is 0. The Kier molecular flexibility index (Phi) is 4.28. The fraction of sp³-hybridized carbons (Fsp3) is 0.929. The minimum Gasteiger partial charge on any atom is -0.368 e. The van der Waals surface area contributed by atoms with Crippen molar-refractivity contribution in [3.8, 4) is 0 Å². The Morgan fingerprint density at radius 1 is 1.39 bits per heavy atom. The van der Waals surface area contributed by atoms with Crippen LogP contribution in [-0.2, 0) is 4.79 Å². The van der Waals surface area contributed by atoms with E-state index in [4.69, 9.17) is 11.5 Å². The number of carbonyl (C=O) groups is 1. The lowest BCUT2D eigenvalue weighted by atomic mass is 9.78. The van der Waals surface area contributed by atoms with Gasteiger partial charge in [-0.05, 0) is 51.0 Å². The lowest BCUT2D eigenvalue weighted by Crippen LogP contribution is -2.59. The molecule has 0 bridgehead atoms. The third kappa shape index (κ3) is 2.86. The van der Waals surface area contributed by atoms with Crippen LogP contribution >= 0.6 is 0 Å². The predicted octanol–water partition coefficient (Wildman–Crippen LogP) is 1.23. The van der Waals surface area contributed by atoms with Crippen LogP contribution in [0, 0.1) is 5.92 Å². The molecule has 2 fully saturated rings. The molecule has 0 aromatic carbocycles. The fourth-order valence-corrected chi connectivity index (χ4v) is 3.58. The number of likely N-dealkylation sites (tertiary alicyclic amines) is 1. The van der Waals surface area contributed by atoms with Crippen molar-refractivity contribution in [3.05, 3.63) is 0 Å². The summed E-state index contributed by atoms with van der Waals surface area (Å²) in [6, 6.07) is 0.464. The predicted molar refractivity (Wildman–Crippen MR) is 73.0 cm³/mol. The van der Waals surface area contributed by atoms with Crippen LogP contribution in [0.15, 0.2) is 0 Å². The summed E-state index contributed by atoms with van der Waals surface area (Å²) in [5.74, 6) is 0.498. The highest BCUT2D eigenvalue weighted by atomic mass is 16.1. The van der Waals surface area contributed by atoms with Crippen molar-refractivity contribution < 1.29 is 4.79 Å². The van der Waals surface area contributed by atoms with E-state index in [0.29, 0.717) is 6.04 Å². The Morgan fingerprint density at radius 2 is 2.17 bits per heavy atom. The van der Waals surface area contributed by atoms with E-state index in [1.165, 1.54) is 32.2 Å². The average molecular weight is 253 g/mol. The number of hydrogen-bond donors (Lipinski definition) is 2. The minimum absolute atomic E-state index is 0.323. The second-order valence-corrected chi connectivity index (χ2v) is 6.18. The van der Waals surface area contributed by atoms with Crippen molar-refractivity contribution in [1.82, 2.24) is 4.90 Å². The van der Waals surface area contributed by atoms with Crippen LogP contribution < -0.4 is 11.5 Å². The van der Waals surface area contributed by atoms with E-state index in [-0.39, 0.29) is 5.91 Å². The van der Waals surface area contributed by atoms with Gasteiger partial charge in [-0.2, -0.15) is 0 Å². The molecule has 2 rings (SSSR count). The van der Waals surface area contributed by atoms with Gasteiger partial charge in [0.2, 0.25) is 5.91 Å². The Labute approximate surface area is 110 Å². The summed E-state index contributed by atoms with van der Waals surface area (Å²) >= 11 is 0. The number of hydrogen-bond acceptors (Lipinski definition) is 3. The van der Waals surface area contributed by atoms with Gasteiger partial charge in [0.25, 0.3) is 0 Å². The van der Waals surface area contributed by atoms with Crippen LogP contribution in [-0.4, -0.2) is 35.5 Å². The van der Waals surface area contributed by atoms with Gasteiger partial charge in [0.15, 0.2) is 0 Å². The van der Waals surface area contributed by atoms with Crippen molar-refractivity contribution in [2.45, 2.75) is 63.5 Å². The standard InChI is InChI=1S/C14H27N3O/c1-2-11-5-4-8-17(10-11)12-6-3-7-14(16,9-12)13(15)18/h11-12H,2-10,16H2,1H3,(H2,15,18). The molecule has 18 heavy (non-hydrogen) atoms. The summed E-state index contributed by atoms with van der Waals surface area (Å²) in [6.07, 6.45) is 7.59. The van der Waals surface area contributed by atoms with Gasteiger partial charge in [-0.15, -0.1) is 0 Å². The number of carbonyl (C=O) groups excluding carboxylic acids is 1. The maximum Gasteiger partial charge on any atom is 0.237 e. The van der Waals surface area contributed by atoms with Crippen LogP contribution in [0.25, 0.3) is 0 Å².